The number of hydrogen-bond donors (Lipinski definition) is 1. The molecule has 0 saturated heterocycles. The normalized spacial score (nSPS) is 12.2. The zero-order valence-electron chi connectivity index (χ0n) is 20.5. The van der Waals surface area contributed by atoms with Crippen molar-refractivity contribution in [2.75, 3.05) is 7.11 Å². The molecule has 0 atom stereocenters. The molecule has 1 heterocycles. The van der Waals surface area contributed by atoms with E-state index in [9.17, 15) is 23.1 Å². The van der Waals surface area contributed by atoms with Crippen LogP contribution < -0.4 is 0 Å². The number of ether oxygens (including phenoxy) is 1. The summed E-state index contributed by atoms with van der Waals surface area (Å²) in [7, 11) is 1.31. The van der Waals surface area contributed by atoms with Crippen LogP contribution in [0.5, 0.6) is 0 Å². The van der Waals surface area contributed by atoms with Crippen LogP contribution in [0.1, 0.15) is 30.7 Å². The maximum absolute atomic E-state index is 13.8. The van der Waals surface area contributed by atoms with Crippen molar-refractivity contribution in [2.24, 2.45) is 0 Å². The van der Waals surface area contributed by atoms with E-state index in [1.807, 2.05) is 36.4 Å². The average Bonchev–Trinajstić information content (AvgIpc) is 3.33. The van der Waals surface area contributed by atoms with Crippen LogP contribution in [-0.4, -0.2) is 27.7 Å². The highest BCUT2D eigenvalue weighted by molar-refractivity contribution is 5.87. The number of aliphatic hydroxyl groups is 1. The Morgan fingerprint density at radius 3 is 2.11 bits per heavy atom. The molecule has 4 rings (SSSR count). The van der Waals surface area contributed by atoms with E-state index in [2.05, 4.69) is 9.72 Å². The van der Waals surface area contributed by atoms with Crippen molar-refractivity contribution in [3.05, 3.63) is 102 Å². The van der Waals surface area contributed by atoms with Gasteiger partial charge in [-0.25, -0.2) is 9.78 Å². The van der Waals surface area contributed by atoms with Gasteiger partial charge in [-0.05, 0) is 54.8 Å². The summed E-state index contributed by atoms with van der Waals surface area (Å²) >= 11 is 0. The van der Waals surface area contributed by atoms with Gasteiger partial charge in [0.25, 0.3) is 0 Å². The van der Waals surface area contributed by atoms with Crippen molar-refractivity contribution < 1.29 is 27.8 Å². The number of methoxy groups -OCH3 is 1. The second kappa shape index (κ2) is 10.1. The van der Waals surface area contributed by atoms with E-state index in [4.69, 9.17) is 0 Å². The number of imidazole rings is 1. The fourth-order valence-corrected chi connectivity index (χ4v) is 3.82. The molecular formula is C29H25F3N2O3. The van der Waals surface area contributed by atoms with Crippen molar-refractivity contribution in [1.29, 1.82) is 0 Å². The van der Waals surface area contributed by atoms with Crippen molar-refractivity contribution >= 4 is 12.0 Å². The smallest absolute Gasteiger partial charge is 0.417 e. The summed E-state index contributed by atoms with van der Waals surface area (Å²) in [5.74, 6) is -0.358. The Morgan fingerprint density at radius 1 is 0.946 bits per heavy atom. The maximum Gasteiger partial charge on any atom is 0.417 e. The van der Waals surface area contributed by atoms with Gasteiger partial charge in [-0.1, -0.05) is 54.6 Å². The molecule has 190 valence electrons. The molecule has 0 aliphatic carbocycles. The molecule has 5 nitrogen and oxygen atoms in total. The summed E-state index contributed by atoms with van der Waals surface area (Å²) in [4.78, 5) is 15.7. The SMILES string of the molecule is COC(=O)C=Cc1ccc(-c2ccc(-n3cc(C(C)(C)O)nc3-c3ccccc3C(F)(F)F)cc2)cc1. The van der Waals surface area contributed by atoms with Gasteiger partial charge in [0.05, 0.1) is 18.4 Å². The van der Waals surface area contributed by atoms with Gasteiger partial charge in [-0.3, -0.25) is 4.57 Å². The molecular weight excluding hydrogens is 481 g/mol. The summed E-state index contributed by atoms with van der Waals surface area (Å²) in [5, 5.41) is 10.5. The van der Waals surface area contributed by atoms with Crippen LogP contribution in [0.2, 0.25) is 0 Å². The lowest BCUT2D eigenvalue weighted by molar-refractivity contribution is -0.137. The molecule has 0 unspecified atom stereocenters. The third-order valence-electron chi connectivity index (χ3n) is 5.81. The minimum Gasteiger partial charge on any atom is -0.466 e. The minimum atomic E-state index is -4.57. The molecule has 4 aromatic rings. The molecule has 0 amide bonds. The molecule has 0 aliphatic heterocycles. The average molecular weight is 507 g/mol. The van der Waals surface area contributed by atoms with Gasteiger partial charge in [0, 0.05) is 23.5 Å². The van der Waals surface area contributed by atoms with E-state index in [1.54, 1.807) is 29.0 Å². The van der Waals surface area contributed by atoms with Crippen molar-refractivity contribution in [3.8, 4) is 28.2 Å². The number of nitrogens with zero attached hydrogens (tertiary/aromatic N) is 2. The van der Waals surface area contributed by atoms with Crippen molar-refractivity contribution in [1.82, 2.24) is 9.55 Å². The lowest BCUT2D eigenvalue weighted by atomic mass is 10.0. The summed E-state index contributed by atoms with van der Waals surface area (Å²) in [6, 6.07) is 20.1. The monoisotopic (exact) mass is 506 g/mol. The van der Waals surface area contributed by atoms with Gasteiger partial charge in [-0.2, -0.15) is 13.2 Å². The number of carbonyl (C=O) groups excluding carboxylic acids is 1. The zero-order valence-corrected chi connectivity index (χ0v) is 20.5. The largest absolute Gasteiger partial charge is 0.466 e. The number of benzene rings is 3. The molecule has 37 heavy (non-hydrogen) atoms. The summed E-state index contributed by atoms with van der Waals surface area (Å²) in [5.41, 5.74) is 1.26. The third-order valence-corrected chi connectivity index (χ3v) is 5.81. The number of esters is 1. The Hall–Kier alpha value is -4.17. The molecule has 0 radical (unpaired) electrons. The second-order valence-electron chi connectivity index (χ2n) is 8.95. The lowest BCUT2D eigenvalue weighted by Crippen LogP contribution is -2.15. The first kappa shape index (κ1) is 25.9. The van der Waals surface area contributed by atoms with Gasteiger partial charge in [-0.15, -0.1) is 0 Å². The standard InChI is InChI=1S/C29H25F3N2O3/c1-28(2,36)25-18-34(27(33-25)23-6-4-5-7-24(23)29(30,31)32)22-15-13-21(14-16-22)20-11-8-19(9-12-20)10-17-26(35)37-3/h4-18,36H,1-3H3. The summed E-state index contributed by atoms with van der Waals surface area (Å²) in [6.45, 7) is 3.07. The first-order valence-corrected chi connectivity index (χ1v) is 11.4. The molecule has 0 bridgehead atoms. The summed E-state index contributed by atoms with van der Waals surface area (Å²) in [6.07, 6.45) is -0.0199. The predicted octanol–water partition coefficient (Wildman–Crippen LogP) is 6.64. The van der Waals surface area contributed by atoms with E-state index in [1.165, 1.54) is 45.2 Å². The van der Waals surface area contributed by atoms with Crippen LogP contribution >= 0.6 is 0 Å². The first-order valence-electron chi connectivity index (χ1n) is 11.4. The van der Waals surface area contributed by atoms with Crippen molar-refractivity contribution in [3.63, 3.8) is 0 Å². The van der Waals surface area contributed by atoms with Gasteiger partial charge < -0.3 is 9.84 Å². The maximum atomic E-state index is 13.8. The predicted molar refractivity (Wildman–Crippen MR) is 136 cm³/mol. The number of aromatic nitrogens is 2. The van der Waals surface area contributed by atoms with Crippen LogP contribution in [0.15, 0.2) is 85.1 Å². The molecule has 0 fully saturated rings. The molecule has 3 aromatic carbocycles. The fraction of sp³-hybridized carbons (Fsp3) is 0.172. The molecule has 8 heteroatoms. The van der Waals surface area contributed by atoms with Crippen LogP contribution in [0, 0.1) is 0 Å². The number of rotatable bonds is 6. The van der Waals surface area contributed by atoms with E-state index in [0.717, 1.165) is 22.8 Å². The Kier molecular flexibility index (Phi) is 7.05. The minimum absolute atomic E-state index is 0.0785. The topological polar surface area (TPSA) is 64.3 Å². The summed E-state index contributed by atoms with van der Waals surface area (Å²) < 4.78 is 47.5. The number of alkyl halides is 3. The van der Waals surface area contributed by atoms with E-state index in [0.29, 0.717) is 5.69 Å². The van der Waals surface area contributed by atoms with Gasteiger partial charge in [0.1, 0.15) is 11.4 Å². The van der Waals surface area contributed by atoms with Crippen LogP contribution in [0.4, 0.5) is 13.2 Å². The quantitative estimate of drug-likeness (QED) is 0.235. The number of halogens is 3. The fourth-order valence-electron chi connectivity index (χ4n) is 3.82. The zero-order chi connectivity index (χ0) is 26.8. The van der Waals surface area contributed by atoms with E-state index in [-0.39, 0.29) is 17.1 Å². The Labute approximate surface area is 212 Å². The van der Waals surface area contributed by atoms with E-state index >= 15 is 0 Å². The number of hydrogen-bond acceptors (Lipinski definition) is 4. The Balaban J connectivity index is 1.72. The second-order valence-corrected chi connectivity index (χ2v) is 8.95. The molecule has 1 aromatic heterocycles. The molecule has 0 spiro atoms. The highest BCUT2D eigenvalue weighted by atomic mass is 19.4. The van der Waals surface area contributed by atoms with E-state index < -0.39 is 23.3 Å². The highest BCUT2D eigenvalue weighted by Crippen LogP contribution is 2.38. The Bertz CT molecular complexity index is 1430. The van der Waals surface area contributed by atoms with Crippen LogP contribution in [0.25, 0.3) is 34.3 Å². The number of carbonyl (C=O) groups is 1. The third kappa shape index (κ3) is 5.81. The first-order chi connectivity index (χ1) is 17.5. The highest BCUT2D eigenvalue weighted by Gasteiger charge is 2.35. The molecule has 1 N–H and O–H groups in total. The van der Waals surface area contributed by atoms with Crippen molar-refractivity contribution in [2.45, 2.75) is 25.6 Å². The van der Waals surface area contributed by atoms with Gasteiger partial charge >= 0.3 is 12.1 Å². The lowest BCUT2D eigenvalue weighted by Gasteiger charge is -2.14. The Morgan fingerprint density at radius 2 is 1.54 bits per heavy atom. The van der Waals surface area contributed by atoms with Crippen LogP contribution in [-0.2, 0) is 21.3 Å². The molecule has 0 saturated carbocycles. The van der Waals surface area contributed by atoms with Crippen LogP contribution in [0.3, 0.4) is 0 Å². The van der Waals surface area contributed by atoms with Gasteiger partial charge in [0.15, 0.2) is 0 Å². The van der Waals surface area contributed by atoms with Gasteiger partial charge in [0.2, 0.25) is 0 Å². The molecule has 0 aliphatic rings.